The third kappa shape index (κ3) is 5.83. The number of nitrogens with one attached hydrogen (secondary N) is 2. The number of para-hydroxylation sites is 3. The van der Waals surface area contributed by atoms with Gasteiger partial charge in [-0.15, -0.1) is 0 Å². The number of hydrogen-bond acceptors (Lipinski definition) is 5. The number of benzene rings is 3. The van der Waals surface area contributed by atoms with E-state index in [-0.39, 0.29) is 30.1 Å². The van der Waals surface area contributed by atoms with Gasteiger partial charge in [0.2, 0.25) is 0 Å². The fourth-order valence-electron chi connectivity index (χ4n) is 4.15. The van der Waals surface area contributed by atoms with Crippen LogP contribution in [0.25, 0.3) is 0 Å². The van der Waals surface area contributed by atoms with Crippen LogP contribution in [0.3, 0.4) is 0 Å². The van der Waals surface area contributed by atoms with Gasteiger partial charge in [0.15, 0.2) is 5.78 Å². The average molecular weight is 515 g/mol. The molecular weight excluding hydrogens is 484 g/mol. The van der Waals surface area contributed by atoms with Crippen LogP contribution >= 0.6 is 0 Å². The number of carboxylic acids is 1. The van der Waals surface area contributed by atoms with Crippen LogP contribution in [0.15, 0.2) is 78.9 Å². The Morgan fingerprint density at radius 1 is 0.921 bits per heavy atom. The maximum Gasteiger partial charge on any atom is 0.335 e. The normalized spacial score (nSPS) is 15.3. The summed E-state index contributed by atoms with van der Waals surface area (Å²) >= 11 is 0. The molecule has 4 rings (SSSR count). The van der Waals surface area contributed by atoms with Crippen LogP contribution < -0.4 is 20.4 Å². The van der Waals surface area contributed by atoms with Gasteiger partial charge in [-0.1, -0.05) is 57.2 Å². The van der Waals surface area contributed by atoms with Crippen molar-refractivity contribution in [3.05, 3.63) is 84.4 Å². The summed E-state index contributed by atoms with van der Waals surface area (Å²) in [6.45, 7) is 5.36. The second-order valence-corrected chi connectivity index (χ2v) is 10.1. The largest absolute Gasteiger partial charge is 0.478 e. The van der Waals surface area contributed by atoms with Gasteiger partial charge in [-0.25, -0.2) is 9.59 Å². The van der Waals surface area contributed by atoms with E-state index in [2.05, 4.69) is 10.6 Å². The van der Waals surface area contributed by atoms with Gasteiger partial charge < -0.3 is 25.5 Å². The number of hydrogen-bond donors (Lipinski definition) is 3. The highest BCUT2D eigenvalue weighted by Crippen LogP contribution is 2.37. The first-order valence-corrected chi connectivity index (χ1v) is 12.2. The van der Waals surface area contributed by atoms with E-state index in [0.717, 1.165) is 11.4 Å². The molecule has 1 heterocycles. The van der Waals surface area contributed by atoms with Gasteiger partial charge in [-0.3, -0.25) is 9.59 Å². The fourth-order valence-corrected chi connectivity index (χ4v) is 4.15. The molecule has 3 aromatic carbocycles. The summed E-state index contributed by atoms with van der Waals surface area (Å²) in [6.07, 6.45) is 0. The van der Waals surface area contributed by atoms with Gasteiger partial charge in [0.25, 0.3) is 5.91 Å². The van der Waals surface area contributed by atoms with Crippen molar-refractivity contribution in [1.82, 2.24) is 5.32 Å². The number of carbonyl (C=O) groups excluding carboxylic acids is 3. The Kier molecular flexibility index (Phi) is 7.47. The lowest BCUT2D eigenvalue weighted by Gasteiger charge is -2.28. The van der Waals surface area contributed by atoms with Crippen LogP contribution in [0.1, 0.15) is 31.1 Å². The molecule has 1 atom stereocenters. The van der Waals surface area contributed by atoms with Crippen molar-refractivity contribution in [2.75, 3.05) is 28.2 Å². The van der Waals surface area contributed by atoms with Crippen molar-refractivity contribution in [2.24, 2.45) is 5.41 Å². The molecule has 1 aliphatic rings. The Hall–Kier alpha value is -4.66. The van der Waals surface area contributed by atoms with E-state index in [9.17, 15) is 24.3 Å². The number of anilines is 4. The number of carboxylic acid groups (broad SMARTS) is 1. The summed E-state index contributed by atoms with van der Waals surface area (Å²) in [5.74, 6) is -1.67. The third-order valence-corrected chi connectivity index (χ3v) is 6.27. The molecule has 9 heteroatoms. The first-order chi connectivity index (χ1) is 18.0. The van der Waals surface area contributed by atoms with Crippen molar-refractivity contribution >= 4 is 46.4 Å². The number of ketones is 1. The number of aromatic carboxylic acids is 1. The van der Waals surface area contributed by atoms with E-state index in [0.29, 0.717) is 5.69 Å². The maximum absolute atomic E-state index is 13.9. The molecule has 0 saturated heterocycles. The molecule has 38 heavy (non-hydrogen) atoms. The van der Waals surface area contributed by atoms with Gasteiger partial charge in [0.05, 0.1) is 30.0 Å². The monoisotopic (exact) mass is 514 g/mol. The Labute approximate surface area is 221 Å². The number of amides is 3. The van der Waals surface area contributed by atoms with E-state index in [1.165, 1.54) is 23.1 Å². The quantitative estimate of drug-likeness (QED) is 0.440. The van der Waals surface area contributed by atoms with E-state index in [4.69, 9.17) is 0 Å². The summed E-state index contributed by atoms with van der Waals surface area (Å²) in [4.78, 5) is 54.6. The van der Waals surface area contributed by atoms with E-state index >= 15 is 0 Å². The molecule has 196 valence electrons. The first kappa shape index (κ1) is 26.4. The minimum atomic E-state index is -1.12. The smallest absolute Gasteiger partial charge is 0.335 e. The zero-order chi connectivity index (χ0) is 27.4. The van der Waals surface area contributed by atoms with Crippen molar-refractivity contribution < 1.29 is 24.3 Å². The highest BCUT2D eigenvalue weighted by molar-refractivity contribution is 6.08. The molecule has 0 aromatic heterocycles. The lowest BCUT2D eigenvalue weighted by atomic mass is 9.90. The first-order valence-electron chi connectivity index (χ1n) is 12.2. The topological polar surface area (TPSA) is 119 Å². The van der Waals surface area contributed by atoms with Gasteiger partial charge >= 0.3 is 12.0 Å². The molecule has 0 saturated carbocycles. The summed E-state index contributed by atoms with van der Waals surface area (Å²) < 4.78 is 0. The van der Waals surface area contributed by atoms with Crippen molar-refractivity contribution in [1.29, 1.82) is 0 Å². The molecule has 0 aliphatic carbocycles. The van der Waals surface area contributed by atoms with Crippen molar-refractivity contribution in [3.8, 4) is 0 Å². The van der Waals surface area contributed by atoms with Crippen molar-refractivity contribution in [2.45, 2.75) is 26.8 Å². The predicted octanol–water partition coefficient (Wildman–Crippen LogP) is 4.68. The summed E-state index contributed by atoms with van der Waals surface area (Å²) in [7, 11) is 0. The molecule has 0 spiro atoms. The molecule has 3 N–H and O–H groups in total. The molecule has 0 bridgehead atoms. The van der Waals surface area contributed by atoms with Gasteiger partial charge in [-0.2, -0.15) is 0 Å². The van der Waals surface area contributed by atoms with Crippen LogP contribution in [-0.2, 0) is 9.59 Å². The van der Waals surface area contributed by atoms with E-state index in [1.807, 2.05) is 47.4 Å². The van der Waals surface area contributed by atoms with Crippen LogP contribution in [0, 0.1) is 5.41 Å². The zero-order valence-corrected chi connectivity index (χ0v) is 21.5. The summed E-state index contributed by atoms with van der Waals surface area (Å²) in [6, 6.07) is 20.9. The highest BCUT2D eigenvalue weighted by Gasteiger charge is 2.37. The fraction of sp³-hybridized carbons (Fsp3) is 0.241. The molecule has 9 nitrogen and oxygen atoms in total. The second kappa shape index (κ2) is 10.8. The number of nitrogens with zero attached hydrogens (tertiary/aromatic N) is 2. The molecule has 0 unspecified atom stereocenters. The standard InChI is InChI=1S/C29H30N4O5/c1-29(2,3)25(34)18-33-24-15-8-7-14-23(24)32(21-12-5-4-6-13-21)17-22(26(33)35)31-28(38)30-20-11-9-10-19(16-20)27(36)37/h4-16,22H,17-18H2,1-3H3,(H,36,37)(H2,30,31,38)/t22-/m1/s1. The van der Waals surface area contributed by atoms with Gasteiger partial charge in [0, 0.05) is 16.8 Å². The minimum absolute atomic E-state index is 0.0194. The lowest BCUT2D eigenvalue weighted by molar-refractivity contribution is -0.127. The van der Waals surface area contributed by atoms with Crippen LogP contribution in [-0.4, -0.2) is 47.9 Å². The Balaban J connectivity index is 1.69. The van der Waals surface area contributed by atoms with Gasteiger partial charge in [0.1, 0.15) is 6.04 Å². The molecular formula is C29H30N4O5. The van der Waals surface area contributed by atoms with Crippen LogP contribution in [0.4, 0.5) is 27.5 Å². The summed E-state index contributed by atoms with van der Waals surface area (Å²) in [5.41, 5.74) is 1.73. The minimum Gasteiger partial charge on any atom is -0.478 e. The van der Waals surface area contributed by atoms with Crippen molar-refractivity contribution in [3.63, 3.8) is 0 Å². The van der Waals surface area contributed by atoms with Gasteiger partial charge in [-0.05, 0) is 42.5 Å². The Morgan fingerprint density at radius 3 is 2.24 bits per heavy atom. The van der Waals surface area contributed by atoms with Crippen LogP contribution in [0.5, 0.6) is 0 Å². The highest BCUT2D eigenvalue weighted by atomic mass is 16.4. The van der Waals surface area contributed by atoms with Crippen LogP contribution in [0.2, 0.25) is 0 Å². The Morgan fingerprint density at radius 2 is 1.58 bits per heavy atom. The van der Waals surface area contributed by atoms with E-state index < -0.39 is 29.4 Å². The Bertz CT molecular complexity index is 1370. The number of rotatable bonds is 6. The summed E-state index contributed by atoms with van der Waals surface area (Å²) in [5, 5.41) is 14.6. The number of fused-ring (bicyclic) bond motifs is 1. The maximum atomic E-state index is 13.9. The average Bonchev–Trinajstić information content (AvgIpc) is 2.99. The molecule has 3 amide bonds. The van der Waals surface area contributed by atoms with E-state index in [1.54, 1.807) is 39.0 Å². The number of urea groups is 1. The number of Topliss-reactive ketones (excluding diaryl/α,β-unsaturated/α-hetero) is 1. The molecule has 0 fully saturated rings. The predicted molar refractivity (Wildman–Crippen MR) is 146 cm³/mol. The molecule has 3 aromatic rings. The number of carbonyl (C=O) groups is 4. The molecule has 0 radical (unpaired) electrons. The zero-order valence-electron chi connectivity index (χ0n) is 21.5. The molecule has 1 aliphatic heterocycles. The lowest BCUT2D eigenvalue weighted by Crippen LogP contribution is -2.54. The second-order valence-electron chi connectivity index (χ2n) is 10.1. The SMILES string of the molecule is CC(C)(C)C(=O)CN1C(=O)[C@H](NC(=O)Nc2cccc(C(=O)O)c2)CN(c2ccccc2)c2ccccc21. The third-order valence-electron chi connectivity index (χ3n) is 6.27.